The molecule has 1 atom stereocenters. The van der Waals surface area contributed by atoms with Crippen LogP contribution in [0.3, 0.4) is 0 Å². The summed E-state index contributed by atoms with van der Waals surface area (Å²) in [7, 11) is 1.57. The number of aryl methyl sites for hydroxylation is 1. The molecule has 1 fully saturated rings. The number of fused-ring (bicyclic) bond motifs is 1. The molecule has 0 spiro atoms. The lowest BCUT2D eigenvalue weighted by atomic mass is 9.99. The number of likely N-dealkylation sites (tertiary alicyclic amines) is 1. The minimum atomic E-state index is -0.398. The van der Waals surface area contributed by atoms with Crippen molar-refractivity contribution >= 4 is 16.9 Å². The van der Waals surface area contributed by atoms with Crippen LogP contribution in [0.1, 0.15) is 48.4 Å². The number of benzene rings is 2. The van der Waals surface area contributed by atoms with Crippen LogP contribution in [0.4, 0.5) is 0 Å². The maximum Gasteiger partial charge on any atom is 0.339 e. The number of rotatable bonds is 8. The quantitative estimate of drug-likeness (QED) is 0.496. The standard InChI is InChI=1S/C28H34N2O4/c1-19-5-4-14-30(17-19)18-22-8-6-21(7-9-22)16-29-27(31)13-12-25-20(2)24-11-10-23(33-3)15-26(24)34-28(25)32/h6-11,15,19H,4-5,12-14,16-18H2,1-3H3,(H,29,31). The summed E-state index contributed by atoms with van der Waals surface area (Å²) >= 11 is 0. The molecule has 0 radical (unpaired) electrons. The summed E-state index contributed by atoms with van der Waals surface area (Å²) in [4.78, 5) is 27.5. The van der Waals surface area contributed by atoms with Gasteiger partial charge < -0.3 is 14.5 Å². The lowest BCUT2D eigenvalue weighted by molar-refractivity contribution is -0.121. The maximum atomic E-state index is 12.5. The predicted molar refractivity (Wildman–Crippen MR) is 134 cm³/mol. The molecule has 34 heavy (non-hydrogen) atoms. The number of methoxy groups -OCH3 is 1. The Balaban J connectivity index is 1.30. The van der Waals surface area contributed by atoms with Crippen LogP contribution in [0.2, 0.25) is 0 Å². The minimum absolute atomic E-state index is 0.0833. The van der Waals surface area contributed by atoms with E-state index in [2.05, 4.69) is 41.4 Å². The molecule has 2 aromatic carbocycles. The molecule has 1 aliphatic rings. The second-order valence-corrected chi connectivity index (χ2v) is 9.43. The van der Waals surface area contributed by atoms with Crippen molar-refractivity contribution in [2.75, 3.05) is 20.2 Å². The molecule has 0 aliphatic carbocycles. The van der Waals surface area contributed by atoms with E-state index in [0.29, 0.717) is 29.9 Å². The van der Waals surface area contributed by atoms with Crippen LogP contribution >= 0.6 is 0 Å². The highest BCUT2D eigenvalue weighted by molar-refractivity contribution is 5.82. The molecule has 2 heterocycles. The molecule has 0 bridgehead atoms. The van der Waals surface area contributed by atoms with Crippen molar-refractivity contribution in [2.45, 2.75) is 52.6 Å². The average Bonchev–Trinajstić information content (AvgIpc) is 2.83. The Bertz CT molecular complexity index is 1200. The molecule has 1 aromatic heterocycles. The van der Waals surface area contributed by atoms with Crippen LogP contribution in [0.5, 0.6) is 5.75 Å². The first-order valence-corrected chi connectivity index (χ1v) is 12.1. The molecule has 180 valence electrons. The normalized spacial score (nSPS) is 16.5. The van der Waals surface area contributed by atoms with Gasteiger partial charge in [0.2, 0.25) is 5.91 Å². The third-order valence-corrected chi connectivity index (χ3v) is 6.76. The number of amides is 1. The van der Waals surface area contributed by atoms with Gasteiger partial charge in [0.05, 0.1) is 7.11 Å². The number of nitrogens with zero attached hydrogens (tertiary/aromatic N) is 1. The molecule has 1 unspecified atom stereocenters. The van der Waals surface area contributed by atoms with Crippen LogP contribution < -0.4 is 15.7 Å². The highest BCUT2D eigenvalue weighted by Crippen LogP contribution is 2.24. The Hall–Kier alpha value is -3.12. The van der Waals surface area contributed by atoms with Crippen LogP contribution in [-0.4, -0.2) is 31.0 Å². The van der Waals surface area contributed by atoms with Gasteiger partial charge in [-0.15, -0.1) is 0 Å². The van der Waals surface area contributed by atoms with E-state index >= 15 is 0 Å². The summed E-state index contributed by atoms with van der Waals surface area (Å²) in [6.07, 6.45) is 3.18. The van der Waals surface area contributed by atoms with Crippen molar-refractivity contribution in [1.82, 2.24) is 10.2 Å². The van der Waals surface area contributed by atoms with E-state index in [1.807, 2.05) is 19.1 Å². The van der Waals surface area contributed by atoms with Gasteiger partial charge in [0.15, 0.2) is 0 Å². The summed E-state index contributed by atoms with van der Waals surface area (Å²) in [5.41, 5.74) is 3.86. The molecular weight excluding hydrogens is 428 g/mol. The van der Waals surface area contributed by atoms with Crippen LogP contribution in [-0.2, 0) is 24.3 Å². The van der Waals surface area contributed by atoms with Crippen molar-refractivity contribution < 1.29 is 13.9 Å². The summed E-state index contributed by atoms with van der Waals surface area (Å²) < 4.78 is 10.7. The van der Waals surface area contributed by atoms with Gasteiger partial charge in [0.25, 0.3) is 0 Å². The zero-order valence-electron chi connectivity index (χ0n) is 20.4. The van der Waals surface area contributed by atoms with Gasteiger partial charge in [-0.3, -0.25) is 9.69 Å². The van der Waals surface area contributed by atoms with E-state index in [1.54, 1.807) is 13.2 Å². The van der Waals surface area contributed by atoms with Gasteiger partial charge in [0, 0.05) is 43.1 Å². The molecule has 1 N–H and O–H groups in total. The third kappa shape index (κ3) is 5.86. The number of ether oxygens (including phenoxy) is 1. The van der Waals surface area contributed by atoms with E-state index in [1.165, 1.54) is 31.5 Å². The Labute approximate surface area is 200 Å². The smallest absolute Gasteiger partial charge is 0.339 e. The Morgan fingerprint density at radius 3 is 2.68 bits per heavy atom. The van der Waals surface area contributed by atoms with Crippen molar-refractivity contribution in [3.05, 3.63) is 75.1 Å². The van der Waals surface area contributed by atoms with Crippen molar-refractivity contribution in [2.24, 2.45) is 5.92 Å². The first-order chi connectivity index (χ1) is 16.4. The number of carbonyl (C=O) groups excluding carboxylic acids is 1. The second-order valence-electron chi connectivity index (χ2n) is 9.43. The van der Waals surface area contributed by atoms with Crippen molar-refractivity contribution in [3.8, 4) is 5.75 Å². The molecule has 3 aromatic rings. The summed E-state index contributed by atoms with van der Waals surface area (Å²) in [5.74, 6) is 1.33. The molecule has 0 saturated carbocycles. The molecular formula is C28H34N2O4. The van der Waals surface area contributed by atoms with E-state index in [0.717, 1.165) is 29.0 Å². The monoisotopic (exact) mass is 462 g/mol. The molecule has 6 heteroatoms. The van der Waals surface area contributed by atoms with Crippen molar-refractivity contribution in [1.29, 1.82) is 0 Å². The average molecular weight is 463 g/mol. The first-order valence-electron chi connectivity index (χ1n) is 12.1. The van der Waals surface area contributed by atoms with Crippen molar-refractivity contribution in [3.63, 3.8) is 0 Å². The fraction of sp³-hybridized carbons (Fsp3) is 0.429. The highest BCUT2D eigenvalue weighted by Gasteiger charge is 2.16. The molecule has 1 aliphatic heterocycles. The van der Waals surface area contributed by atoms with Gasteiger partial charge in [-0.2, -0.15) is 0 Å². The van der Waals surface area contributed by atoms with E-state index in [-0.39, 0.29) is 12.3 Å². The molecule has 1 amide bonds. The van der Waals surface area contributed by atoms with Gasteiger partial charge in [-0.05, 0) is 67.5 Å². The Morgan fingerprint density at radius 2 is 1.94 bits per heavy atom. The van der Waals surface area contributed by atoms with E-state index < -0.39 is 5.63 Å². The summed E-state index contributed by atoms with van der Waals surface area (Å²) in [6.45, 7) is 8.02. The predicted octanol–water partition coefficient (Wildman–Crippen LogP) is 4.59. The van der Waals surface area contributed by atoms with Gasteiger partial charge in [-0.25, -0.2) is 4.79 Å². The Kier molecular flexibility index (Phi) is 7.68. The fourth-order valence-electron chi connectivity index (χ4n) is 4.77. The number of hydrogen-bond donors (Lipinski definition) is 1. The van der Waals surface area contributed by atoms with Crippen LogP contribution in [0, 0.1) is 12.8 Å². The number of piperidine rings is 1. The van der Waals surface area contributed by atoms with Gasteiger partial charge in [0.1, 0.15) is 11.3 Å². The first kappa shape index (κ1) is 24.0. The third-order valence-electron chi connectivity index (χ3n) is 6.76. The second kappa shape index (κ2) is 10.9. The molecule has 4 rings (SSSR count). The zero-order valence-corrected chi connectivity index (χ0v) is 20.4. The van der Waals surface area contributed by atoms with Crippen LogP contribution in [0.15, 0.2) is 51.7 Å². The minimum Gasteiger partial charge on any atom is -0.497 e. The van der Waals surface area contributed by atoms with Gasteiger partial charge >= 0.3 is 5.63 Å². The zero-order chi connectivity index (χ0) is 24.1. The van der Waals surface area contributed by atoms with Gasteiger partial charge in [-0.1, -0.05) is 31.2 Å². The fourth-order valence-corrected chi connectivity index (χ4v) is 4.77. The maximum absolute atomic E-state index is 12.5. The molecule has 6 nitrogen and oxygen atoms in total. The van der Waals surface area contributed by atoms with Crippen LogP contribution in [0.25, 0.3) is 11.0 Å². The lowest BCUT2D eigenvalue weighted by Crippen LogP contribution is -2.33. The number of hydrogen-bond acceptors (Lipinski definition) is 5. The van der Waals surface area contributed by atoms with E-state index in [4.69, 9.17) is 9.15 Å². The highest BCUT2D eigenvalue weighted by atomic mass is 16.5. The number of nitrogens with one attached hydrogen (secondary N) is 1. The lowest BCUT2D eigenvalue weighted by Gasteiger charge is -2.30. The molecule has 1 saturated heterocycles. The Morgan fingerprint density at radius 1 is 1.18 bits per heavy atom. The summed E-state index contributed by atoms with van der Waals surface area (Å²) in [6, 6.07) is 13.9. The van der Waals surface area contributed by atoms with E-state index in [9.17, 15) is 9.59 Å². The largest absolute Gasteiger partial charge is 0.497 e. The number of carbonyl (C=O) groups is 1. The SMILES string of the molecule is COc1ccc2c(C)c(CCC(=O)NCc3ccc(CN4CCCC(C)C4)cc3)c(=O)oc2c1. The summed E-state index contributed by atoms with van der Waals surface area (Å²) in [5, 5.41) is 3.82. The topological polar surface area (TPSA) is 71.8 Å².